The van der Waals surface area contributed by atoms with E-state index in [0.717, 1.165) is 0 Å². The van der Waals surface area contributed by atoms with Crippen molar-refractivity contribution < 1.29 is 73.9 Å². The molecule has 3 rings (SSSR count). The maximum absolute atomic E-state index is 12.6. The van der Waals surface area contributed by atoms with Crippen LogP contribution in [-0.2, 0) is 41.1 Å². The molecule has 1 aliphatic rings. The molecule has 6 atom stereocenters. The van der Waals surface area contributed by atoms with E-state index in [4.69, 9.17) is 14.4 Å². The van der Waals surface area contributed by atoms with E-state index >= 15 is 0 Å². The number of aromatic nitrogens is 3. The number of hydrogen-bond acceptors (Lipinski definition) is 17. The molecule has 48 heavy (non-hydrogen) atoms. The largest absolute Gasteiger partial charge is 0.756 e. The maximum Gasteiger partial charge on any atom is 0.471 e. The van der Waals surface area contributed by atoms with Gasteiger partial charge in [0.2, 0.25) is 0 Å². The summed E-state index contributed by atoms with van der Waals surface area (Å²) in [6, 6.07) is 0. The number of amides is 1. The van der Waals surface area contributed by atoms with Crippen molar-refractivity contribution in [3.05, 3.63) is 18.1 Å². The zero-order valence-electron chi connectivity index (χ0n) is 24.7. The molecule has 2 aromatic heterocycles. The van der Waals surface area contributed by atoms with Gasteiger partial charge in [0.15, 0.2) is 5.82 Å². The zero-order chi connectivity index (χ0) is 35.9. The van der Waals surface area contributed by atoms with Gasteiger partial charge in [0.1, 0.15) is 30.2 Å². The number of nitrogens with zero attached hydrogens (tertiary/aromatic N) is 5. The van der Waals surface area contributed by atoms with Crippen LogP contribution in [0.2, 0.25) is 0 Å². The second-order valence-corrected chi connectivity index (χ2v) is 16.1. The van der Waals surface area contributed by atoms with Crippen molar-refractivity contribution >= 4 is 74.2 Å². The van der Waals surface area contributed by atoms with Gasteiger partial charge in [0.05, 0.1) is 36.5 Å². The molecule has 0 bridgehead atoms. The summed E-state index contributed by atoms with van der Waals surface area (Å²) in [5, 5.41) is 1.87. The number of carbonyl (C=O) groups is 1. The number of phosphoric ester groups is 1. The van der Waals surface area contributed by atoms with Crippen molar-refractivity contribution in [3.63, 3.8) is 0 Å². The summed E-state index contributed by atoms with van der Waals surface area (Å²) in [5.74, 6) is 3.08. The minimum Gasteiger partial charge on any atom is -0.756 e. The van der Waals surface area contributed by atoms with Crippen molar-refractivity contribution in [3.8, 4) is 11.8 Å². The van der Waals surface area contributed by atoms with Gasteiger partial charge < -0.3 is 48.4 Å². The first kappa shape index (κ1) is 40.4. The lowest BCUT2D eigenvalue weighted by molar-refractivity contribution is -0.250. The molecule has 0 radical (unpaired) electrons. The van der Waals surface area contributed by atoms with Crippen LogP contribution in [0.3, 0.4) is 0 Å². The summed E-state index contributed by atoms with van der Waals surface area (Å²) in [5.41, 5.74) is 0.344. The van der Waals surface area contributed by atoms with E-state index in [9.17, 15) is 46.3 Å². The monoisotopic (exact) mass is 783 g/mol. The Labute approximate surface area is 277 Å². The van der Waals surface area contributed by atoms with E-state index in [1.807, 2.05) is 0 Å². The second kappa shape index (κ2) is 16.8. The molecule has 0 aromatic carbocycles. The molecule has 0 aliphatic carbocycles. The molecule has 1 aliphatic heterocycles. The highest BCUT2D eigenvalue weighted by molar-refractivity contribution is 8.76. The first-order valence-electron chi connectivity index (χ1n) is 12.8. The van der Waals surface area contributed by atoms with Crippen LogP contribution in [0, 0.1) is 11.8 Å². The number of phosphoric acid groups is 3. The Morgan fingerprint density at radius 3 is 2.60 bits per heavy atom. The van der Waals surface area contributed by atoms with Gasteiger partial charge in [0, 0.05) is 26.7 Å². The Morgan fingerprint density at radius 1 is 1.27 bits per heavy atom. The normalized spacial score (nSPS) is 22.1. The fourth-order valence-electron chi connectivity index (χ4n) is 3.83. The summed E-state index contributed by atoms with van der Waals surface area (Å²) >= 11 is 0. The molecular weight excluding hydrogens is 758 g/mol. The average Bonchev–Trinajstić information content (AvgIpc) is 3.52. The van der Waals surface area contributed by atoms with E-state index < -0.39 is 67.1 Å². The van der Waals surface area contributed by atoms with E-state index in [-0.39, 0.29) is 34.8 Å². The molecule has 0 spiro atoms. The van der Waals surface area contributed by atoms with Crippen molar-refractivity contribution in [1.82, 2.24) is 24.8 Å². The fourth-order valence-corrected chi connectivity index (χ4v) is 7.51. The molecule has 3 heterocycles. The van der Waals surface area contributed by atoms with Gasteiger partial charge in [0.25, 0.3) is 23.5 Å². The first-order chi connectivity index (χ1) is 22.2. The van der Waals surface area contributed by atoms with Gasteiger partial charge in [-0.3, -0.25) is 18.5 Å². The summed E-state index contributed by atoms with van der Waals surface area (Å²) in [7, 11) is -11.9. The van der Waals surface area contributed by atoms with Gasteiger partial charge in [-0.1, -0.05) is 33.4 Å². The predicted octanol–water partition coefficient (Wildman–Crippen LogP) is 0.771. The number of fused-ring (bicyclic) bond motifs is 1. The minimum atomic E-state index is -6.14. The number of aliphatic imine (C=N–C) groups is 1. The third kappa shape index (κ3) is 12.4. The van der Waals surface area contributed by atoms with Crippen molar-refractivity contribution in [2.75, 3.05) is 39.4 Å². The molecule has 1 saturated heterocycles. The Morgan fingerprint density at radius 2 is 1.98 bits per heavy atom. The standard InChI is InChI=1S/C21H28F3N6O13P3S2/c1-29(2)11-28-18-17-13(5-4-6-25-20(31)21(22,23)24)8-30(19(17)27-10-26-18)16-7-14(39-12-48-47-3)15(41-16)9-40-45(35,36)43-46(37,38)42-44(32,33)34/h8,10-11,14-16H,6-7,9,12H2,1-3H3,(H,25,31)(H,35,36)(H,37,38)(H2,32,33,34)/p-3/b28-11+/t14-,15-,16-/m1/s1. The average molecular weight is 784 g/mol. The first-order valence-corrected chi connectivity index (χ1v) is 19.9. The van der Waals surface area contributed by atoms with Gasteiger partial charge in [-0.05, 0) is 6.26 Å². The molecule has 268 valence electrons. The highest BCUT2D eigenvalue weighted by Crippen LogP contribution is 2.61. The Kier molecular flexibility index (Phi) is 14.1. The Balaban J connectivity index is 1.93. The smallest absolute Gasteiger partial charge is 0.471 e. The summed E-state index contributed by atoms with van der Waals surface area (Å²) in [6.07, 6.45) is -2.45. The molecule has 19 nitrogen and oxygen atoms in total. The lowest BCUT2D eigenvalue weighted by atomic mass is 10.2. The van der Waals surface area contributed by atoms with Crippen LogP contribution < -0.4 is 20.0 Å². The number of alkyl halides is 3. The topological polar surface area (TPSA) is 262 Å². The highest BCUT2D eigenvalue weighted by Gasteiger charge is 2.40. The van der Waals surface area contributed by atoms with E-state index in [1.54, 1.807) is 30.6 Å². The predicted molar refractivity (Wildman–Crippen MR) is 158 cm³/mol. The molecule has 27 heteroatoms. The third-order valence-corrected chi connectivity index (χ3v) is 10.7. The van der Waals surface area contributed by atoms with Crippen LogP contribution in [0.15, 0.2) is 17.5 Å². The van der Waals surface area contributed by atoms with Crippen LogP contribution in [0.25, 0.3) is 11.0 Å². The lowest BCUT2D eigenvalue weighted by Gasteiger charge is -2.33. The van der Waals surface area contributed by atoms with Gasteiger partial charge in [-0.2, -0.15) is 13.2 Å². The molecule has 0 saturated carbocycles. The summed E-state index contributed by atoms with van der Waals surface area (Å²) in [6.45, 7) is -1.57. The molecule has 2 N–H and O–H groups in total. The van der Waals surface area contributed by atoms with Gasteiger partial charge >= 0.3 is 12.1 Å². The molecule has 3 unspecified atom stereocenters. The van der Waals surface area contributed by atoms with Crippen molar-refractivity contribution in [2.24, 2.45) is 4.99 Å². The zero-order valence-corrected chi connectivity index (χ0v) is 29.0. The number of ether oxygens (including phenoxy) is 2. The van der Waals surface area contributed by atoms with Crippen LogP contribution in [0.4, 0.5) is 19.0 Å². The summed E-state index contributed by atoms with van der Waals surface area (Å²) in [4.78, 5) is 68.4. The molecule has 1 fully saturated rings. The molecular formula is C21H25F3N6O13P3S2-3. The lowest BCUT2D eigenvalue weighted by Crippen LogP contribution is -2.36. The number of carbonyl (C=O) groups excluding carboxylic acids is 1. The molecule has 2 aromatic rings. The SMILES string of the molecule is CSSCO[C@@H]1C[C@H](n2cc(C#CCNC(=O)C(F)(F)F)c3c(/N=C/N(C)C)ncnc32)O[C@@H]1COP(=O)([O-])OP(=O)([O-])OP(=O)([O-])O. The molecule has 1 amide bonds. The van der Waals surface area contributed by atoms with E-state index in [0.29, 0.717) is 0 Å². The van der Waals surface area contributed by atoms with Crippen LogP contribution in [0.1, 0.15) is 18.2 Å². The quantitative estimate of drug-likeness (QED) is 0.0481. The number of nitrogens with one attached hydrogen (secondary N) is 1. The maximum atomic E-state index is 12.6. The number of halogens is 3. The highest BCUT2D eigenvalue weighted by atomic mass is 33.1. The fraction of sp³-hybridized carbons (Fsp3) is 0.524. The van der Waals surface area contributed by atoms with Crippen molar-refractivity contribution in [2.45, 2.75) is 31.0 Å². The number of hydrogen-bond donors (Lipinski definition) is 2. The van der Waals surface area contributed by atoms with Gasteiger partial charge in [-0.25, -0.2) is 23.6 Å². The van der Waals surface area contributed by atoms with Gasteiger partial charge in [-0.15, -0.1) is 0 Å². The Bertz CT molecular complexity index is 1700. The van der Waals surface area contributed by atoms with E-state index in [2.05, 4.69) is 39.9 Å². The van der Waals surface area contributed by atoms with Crippen LogP contribution in [-0.4, -0.2) is 94.4 Å². The van der Waals surface area contributed by atoms with Crippen LogP contribution in [0.5, 0.6) is 0 Å². The minimum absolute atomic E-state index is 0.0125. The Hall–Kier alpha value is -2.06. The second-order valence-electron chi connectivity index (χ2n) is 9.33. The van der Waals surface area contributed by atoms with E-state index in [1.165, 1.54) is 45.0 Å². The van der Waals surface area contributed by atoms with Crippen molar-refractivity contribution in [1.29, 1.82) is 0 Å². The third-order valence-electron chi connectivity index (χ3n) is 5.56. The summed E-state index contributed by atoms with van der Waals surface area (Å²) < 4.78 is 96.9. The van der Waals surface area contributed by atoms with Crippen LogP contribution >= 0.6 is 45.1 Å². The number of rotatable bonds is 15.